The fourth-order valence-electron chi connectivity index (χ4n) is 4.75. The number of ether oxygens (including phenoxy) is 2. The van der Waals surface area contributed by atoms with E-state index in [1.807, 2.05) is 30.3 Å². The van der Waals surface area contributed by atoms with Crippen LogP contribution in [0.1, 0.15) is 42.7 Å². The number of carbonyl (C=O) groups is 3. The Labute approximate surface area is 217 Å². The van der Waals surface area contributed by atoms with Crippen LogP contribution in [0.15, 0.2) is 52.5 Å². The Bertz CT molecular complexity index is 1380. The number of methoxy groups -OCH3 is 1. The third kappa shape index (κ3) is 4.99. The topological polar surface area (TPSA) is 127 Å². The molecule has 2 heterocycles. The normalized spacial score (nSPS) is 21.9. The van der Waals surface area contributed by atoms with Crippen LogP contribution >= 0.6 is 11.6 Å². The molecule has 0 aromatic heterocycles. The average Bonchev–Trinajstić information content (AvgIpc) is 3.22. The number of halogens is 1. The van der Waals surface area contributed by atoms with Crippen LogP contribution in [-0.2, 0) is 23.9 Å². The molecule has 2 amide bonds. The van der Waals surface area contributed by atoms with Gasteiger partial charge in [0.1, 0.15) is 5.92 Å². The number of anilines is 1. The summed E-state index contributed by atoms with van der Waals surface area (Å²) in [5.41, 5.74) is 4.62. The molecule has 0 saturated carbocycles. The summed E-state index contributed by atoms with van der Waals surface area (Å²) in [6, 6.07) is 11.2. The molecule has 37 heavy (non-hydrogen) atoms. The summed E-state index contributed by atoms with van der Waals surface area (Å²) in [6.07, 6.45) is 3.97. The van der Waals surface area contributed by atoms with E-state index < -0.39 is 23.7 Å². The van der Waals surface area contributed by atoms with E-state index in [1.54, 1.807) is 12.1 Å². The van der Waals surface area contributed by atoms with E-state index in [0.29, 0.717) is 47.0 Å². The highest BCUT2D eigenvalue weighted by molar-refractivity contribution is 6.34. The summed E-state index contributed by atoms with van der Waals surface area (Å²) in [7, 11) is 1.48. The molecule has 2 aliphatic heterocycles. The van der Waals surface area contributed by atoms with Gasteiger partial charge in [0.2, 0.25) is 11.8 Å². The number of hydrogen-bond donors (Lipinski definition) is 2. The van der Waals surface area contributed by atoms with E-state index in [1.165, 1.54) is 7.11 Å². The smallest absolute Gasteiger partial charge is 0.306 e. The SMILES string of the molecule is COC1=NCOC(=NC(=O)C2C(=O)Nc3cc(Cl)c(-c4ccc(C5=CCC(C(=O)O)CC5)cc4)cc32)C1. The summed E-state index contributed by atoms with van der Waals surface area (Å²) in [6.45, 7) is -0.00443. The quantitative estimate of drug-likeness (QED) is 0.563. The van der Waals surface area contributed by atoms with Crippen molar-refractivity contribution in [3.8, 4) is 11.1 Å². The minimum atomic E-state index is -1.12. The van der Waals surface area contributed by atoms with E-state index in [2.05, 4.69) is 15.3 Å². The second kappa shape index (κ2) is 10.2. The number of carboxylic acid groups (broad SMARTS) is 1. The summed E-state index contributed by atoms with van der Waals surface area (Å²) in [5.74, 6) is -2.78. The number of rotatable bonds is 4. The van der Waals surface area contributed by atoms with Crippen LogP contribution in [0.25, 0.3) is 16.7 Å². The zero-order valence-electron chi connectivity index (χ0n) is 20.0. The Morgan fingerprint density at radius 2 is 1.97 bits per heavy atom. The van der Waals surface area contributed by atoms with Crippen molar-refractivity contribution in [1.82, 2.24) is 0 Å². The van der Waals surface area contributed by atoms with Crippen LogP contribution < -0.4 is 5.32 Å². The molecular formula is C27H24ClN3O6. The van der Waals surface area contributed by atoms with Crippen LogP contribution in [0.2, 0.25) is 5.02 Å². The highest BCUT2D eigenvalue weighted by atomic mass is 35.5. The maximum Gasteiger partial charge on any atom is 0.306 e. The van der Waals surface area contributed by atoms with Gasteiger partial charge >= 0.3 is 5.97 Å². The summed E-state index contributed by atoms with van der Waals surface area (Å²) in [5, 5.41) is 12.4. The minimum Gasteiger partial charge on any atom is -0.484 e. The maximum absolute atomic E-state index is 13.0. The molecule has 2 unspecified atom stereocenters. The second-order valence-corrected chi connectivity index (χ2v) is 9.41. The number of nitrogens with one attached hydrogen (secondary N) is 1. The molecule has 2 aromatic carbocycles. The summed E-state index contributed by atoms with van der Waals surface area (Å²) in [4.78, 5) is 45.0. The lowest BCUT2D eigenvalue weighted by molar-refractivity contribution is -0.142. The standard InChI is InChI=1S/C27H24ClN3O6/c1-36-22-12-23(37-13-29-22)31-26(33)24-19-10-18(20(28)11-21(19)30-25(24)32)16-6-2-14(3-7-16)15-4-8-17(9-5-15)27(34)35/h2-4,6-7,10-11,17,24H,5,8-9,12-13H2,1H3,(H,30,32)(H,34,35). The lowest BCUT2D eigenvalue weighted by atomic mass is 9.86. The average molecular weight is 522 g/mol. The van der Waals surface area contributed by atoms with Gasteiger partial charge in [0, 0.05) is 11.3 Å². The highest BCUT2D eigenvalue weighted by Gasteiger charge is 2.38. The number of allylic oxidation sites excluding steroid dienone is 2. The zero-order valence-corrected chi connectivity index (χ0v) is 20.7. The van der Waals surface area contributed by atoms with Gasteiger partial charge in [-0.05, 0) is 53.7 Å². The first-order chi connectivity index (χ1) is 17.8. The maximum atomic E-state index is 13.0. The number of carbonyl (C=O) groups excluding carboxylic acids is 2. The largest absolute Gasteiger partial charge is 0.484 e. The molecule has 0 bridgehead atoms. The first-order valence-corrected chi connectivity index (χ1v) is 12.2. The molecule has 2 aromatic rings. The predicted octanol–water partition coefficient (Wildman–Crippen LogP) is 4.66. The molecule has 2 atom stereocenters. The number of nitrogens with zero attached hydrogens (tertiary/aromatic N) is 2. The highest BCUT2D eigenvalue weighted by Crippen LogP contribution is 2.41. The monoisotopic (exact) mass is 521 g/mol. The molecule has 9 nitrogen and oxygen atoms in total. The van der Waals surface area contributed by atoms with Crippen LogP contribution in [0, 0.1) is 5.92 Å². The first kappa shape index (κ1) is 24.7. The Morgan fingerprint density at radius 1 is 1.22 bits per heavy atom. The molecule has 5 rings (SSSR count). The third-order valence-corrected chi connectivity index (χ3v) is 7.10. The van der Waals surface area contributed by atoms with E-state index in [-0.39, 0.29) is 25.0 Å². The number of hydrogen-bond acceptors (Lipinski definition) is 6. The van der Waals surface area contributed by atoms with Gasteiger partial charge in [-0.25, -0.2) is 4.99 Å². The number of amides is 2. The third-order valence-electron chi connectivity index (χ3n) is 6.79. The van der Waals surface area contributed by atoms with Gasteiger partial charge in [-0.3, -0.25) is 14.4 Å². The van der Waals surface area contributed by atoms with Crippen molar-refractivity contribution in [2.24, 2.45) is 15.9 Å². The van der Waals surface area contributed by atoms with Gasteiger partial charge in [-0.2, -0.15) is 4.99 Å². The Morgan fingerprint density at radius 3 is 2.65 bits per heavy atom. The molecular weight excluding hydrogens is 498 g/mol. The number of benzene rings is 2. The lowest BCUT2D eigenvalue weighted by Gasteiger charge is -2.19. The Balaban J connectivity index is 1.40. The van der Waals surface area contributed by atoms with E-state index in [0.717, 1.165) is 16.7 Å². The van der Waals surface area contributed by atoms with Crippen molar-refractivity contribution < 1.29 is 29.0 Å². The van der Waals surface area contributed by atoms with Crippen LogP contribution in [0.5, 0.6) is 0 Å². The lowest BCUT2D eigenvalue weighted by Crippen LogP contribution is -2.24. The van der Waals surface area contributed by atoms with Crippen molar-refractivity contribution in [2.75, 3.05) is 19.2 Å². The second-order valence-electron chi connectivity index (χ2n) is 9.01. The van der Waals surface area contributed by atoms with Gasteiger partial charge in [0.25, 0.3) is 5.91 Å². The fourth-order valence-corrected chi connectivity index (χ4v) is 5.02. The predicted molar refractivity (Wildman–Crippen MR) is 139 cm³/mol. The number of fused-ring (bicyclic) bond motifs is 1. The minimum absolute atomic E-state index is 0.00443. The van der Waals surface area contributed by atoms with Gasteiger partial charge < -0.3 is 19.9 Å². The van der Waals surface area contributed by atoms with Crippen molar-refractivity contribution in [3.05, 3.63) is 58.6 Å². The number of carboxylic acids is 1. The van der Waals surface area contributed by atoms with E-state index >= 15 is 0 Å². The molecule has 190 valence electrons. The van der Waals surface area contributed by atoms with Crippen LogP contribution in [-0.4, -0.2) is 48.5 Å². The zero-order chi connectivity index (χ0) is 26.1. The number of aliphatic imine (C=N–C) groups is 2. The summed E-state index contributed by atoms with van der Waals surface area (Å²) >= 11 is 6.56. The molecule has 0 radical (unpaired) electrons. The van der Waals surface area contributed by atoms with Gasteiger partial charge in [0.05, 0.1) is 24.5 Å². The van der Waals surface area contributed by atoms with Crippen molar-refractivity contribution in [2.45, 2.75) is 31.6 Å². The molecule has 0 spiro atoms. The molecule has 0 saturated heterocycles. The van der Waals surface area contributed by atoms with E-state index in [4.69, 9.17) is 21.1 Å². The van der Waals surface area contributed by atoms with Crippen LogP contribution in [0.4, 0.5) is 5.69 Å². The van der Waals surface area contributed by atoms with E-state index in [9.17, 15) is 19.5 Å². The Kier molecular flexibility index (Phi) is 6.80. The molecule has 2 N–H and O–H groups in total. The van der Waals surface area contributed by atoms with Crippen molar-refractivity contribution >= 4 is 52.4 Å². The molecule has 10 heteroatoms. The van der Waals surface area contributed by atoms with Crippen molar-refractivity contribution in [1.29, 1.82) is 0 Å². The molecule has 3 aliphatic rings. The van der Waals surface area contributed by atoms with Crippen molar-refractivity contribution in [3.63, 3.8) is 0 Å². The van der Waals surface area contributed by atoms with Gasteiger partial charge in [-0.1, -0.05) is 41.9 Å². The van der Waals surface area contributed by atoms with Gasteiger partial charge in [-0.15, -0.1) is 0 Å². The summed E-state index contributed by atoms with van der Waals surface area (Å²) < 4.78 is 10.4. The fraction of sp³-hybridized carbons (Fsp3) is 0.296. The Hall–Kier alpha value is -3.98. The molecule has 1 aliphatic carbocycles. The first-order valence-electron chi connectivity index (χ1n) is 11.8. The van der Waals surface area contributed by atoms with Gasteiger partial charge in [0.15, 0.2) is 12.6 Å². The molecule has 0 fully saturated rings. The number of aliphatic carboxylic acids is 1. The van der Waals surface area contributed by atoms with Crippen LogP contribution in [0.3, 0.4) is 0 Å².